The number of hydrogen-bond donors (Lipinski definition) is 1. The standard InChI is InChI=1S/C18H17N3OS/c1-22-16-10-6-5-9-15(16)21-17(19-20-18(21)23)14-11-13(14)12-7-3-2-4-8-12/h2-10,13-14H,11H2,1H3,(H,20,23)/t13-,14+/m0/s1. The van der Waals surface area contributed by atoms with Crippen LogP contribution in [0.25, 0.3) is 5.69 Å². The maximum absolute atomic E-state index is 5.48. The lowest BCUT2D eigenvalue weighted by Gasteiger charge is -2.11. The Labute approximate surface area is 139 Å². The van der Waals surface area contributed by atoms with Gasteiger partial charge in [0.15, 0.2) is 4.77 Å². The van der Waals surface area contributed by atoms with Crippen molar-refractivity contribution in [2.75, 3.05) is 7.11 Å². The van der Waals surface area contributed by atoms with E-state index in [1.54, 1.807) is 7.11 Å². The molecule has 1 saturated carbocycles. The van der Waals surface area contributed by atoms with Crippen LogP contribution in [0, 0.1) is 4.77 Å². The zero-order chi connectivity index (χ0) is 15.8. The van der Waals surface area contributed by atoms with E-state index in [1.165, 1.54) is 5.56 Å². The van der Waals surface area contributed by atoms with Gasteiger partial charge < -0.3 is 4.74 Å². The van der Waals surface area contributed by atoms with Crippen LogP contribution >= 0.6 is 12.2 Å². The summed E-state index contributed by atoms with van der Waals surface area (Å²) in [7, 11) is 1.67. The van der Waals surface area contributed by atoms with Crippen LogP contribution in [0.2, 0.25) is 0 Å². The summed E-state index contributed by atoms with van der Waals surface area (Å²) in [4.78, 5) is 0. The number of nitrogens with one attached hydrogen (secondary N) is 1. The molecule has 0 amide bonds. The molecule has 4 rings (SSSR count). The molecule has 0 unspecified atom stereocenters. The molecule has 0 spiro atoms. The molecule has 3 aromatic rings. The van der Waals surface area contributed by atoms with Crippen LogP contribution in [0.1, 0.15) is 29.6 Å². The van der Waals surface area contributed by atoms with Gasteiger partial charge in [0.25, 0.3) is 0 Å². The van der Waals surface area contributed by atoms with Gasteiger partial charge >= 0.3 is 0 Å². The van der Waals surface area contributed by atoms with E-state index >= 15 is 0 Å². The highest BCUT2D eigenvalue weighted by Gasteiger charge is 2.43. The average molecular weight is 323 g/mol. The van der Waals surface area contributed by atoms with E-state index in [0.29, 0.717) is 16.6 Å². The van der Waals surface area contributed by atoms with Gasteiger partial charge in [0.1, 0.15) is 11.6 Å². The normalized spacial score (nSPS) is 19.5. The first-order valence-electron chi connectivity index (χ1n) is 7.65. The van der Waals surface area contributed by atoms with E-state index in [2.05, 4.69) is 34.5 Å². The molecule has 2 atom stereocenters. The smallest absolute Gasteiger partial charge is 0.200 e. The number of H-pyrrole nitrogens is 1. The lowest BCUT2D eigenvalue weighted by Crippen LogP contribution is -2.03. The van der Waals surface area contributed by atoms with Gasteiger partial charge in [-0.2, -0.15) is 5.10 Å². The van der Waals surface area contributed by atoms with Crippen LogP contribution in [-0.4, -0.2) is 21.9 Å². The van der Waals surface area contributed by atoms with Crippen LogP contribution in [-0.2, 0) is 0 Å². The highest BCUT2D eigenvalue weighted by atomic mass is 32.1. The first kappa shape index (κ1) is 14.2. The molecule has 0 aliphatic heterocycles. The van der Waals surface area contributed by atoms with Gasteiger partial charge in [-0.3, -0.25) is 9.67 Å². The van der Waals surface area contributed by atoms with Crippen LogP contribution in [0.5, 0.6) is 5.75 Å². The van der Waals surface area contributed by atoms with Crippen molar-refractivity contribution in [1.29, 1.82) is 0 Å². The summed E-state index contributed by atoms with van der Waals surface area (Å²) in [6, 6.07) is 18.5. The molecule has 0 saturated heterocycles. The second-order valence-corrected chi connectivity index (χ2v) is 6.14. The predicted molar refractivity (Wildman–Crippen MR) is 91.8 cm³/mol. The van der Waals surface area contributed by atoms with Gasteiger partial charge in [-0.15, -0.1) is 0 Å². The van der Waals surface area contributed by atoms with Crippen molar-refractivity contribution in [3.8, 4) is 11.4 Å². The van der Waals surface area contributed by atoms with Crippen molar-refractivity contribution in [2.24, 2.45) is 0 Å². The highest BCUT2D eigenvalue weighted by Crippen LogP contribution is 2.54. The molecule has 1 fully saturated rings. The van der Waals surface area contributed by atoms with Crippen molar-refractivity contribution in [3.63, 3.8) is 0 Å². The topological polar surface area (TPSA) is 42.8 Å². The number of para-hydroxylation sites is 2. The number of methoxy groups -OCH3 is 1. The Morgan fingerprint density at radius 1 is 1.09 bits per heavy atom. The summed E-state index contributed by atoms with van der Waals surface area (Å²) >= 11 is 5.45. The first-order chi connectivity index (χ1) is 11.3. The molecule has 5 heteroatoms. The van der Waals surface area contributed by atoms with Crippen molar-refractivity contribution in [1.82, 2.24) is 14.8 Å². The third-order valence-electron chi connectivity index (χ3n) is 4.37. The highest BCUT2D eigenvalue weighted by molar-refractivity contribution is 7.71. The Morgan fingerprint density at radius 3 is 2.61 bits per heavy atom. The minimum absolute atomic E-state index is 0.385. The number of ether oxygens (including phenoxy) is 1. The Morgan fingerprint density at radius 2 is 1.83 bits per heavy atom. The molecule has 1 aromatic heterocycles. The lowest BCUT2D eigenvalue weighted by atomic mass is 10.1. The summed E-state index contributed by atoms with van der Waals surface area (Å²) in [5.41, 5.74) is 2.29. The number of benzene rings is 2. The predicted octanol–water partition coefficient (Wildman–Crippen LogP) is 4.21. The van der Waals surface area contributed by atoms with Gasteiger partial charge in [-0.05, 0) is 42.3 Å². The van der Waals surface area contributed by atoms with Gasteiger partial charge in [-0.25, -0.2) is 0 Å². The number of aromatic amines is 1. The fraction of sp³-hybridized carbons (Fsp3) is 0.222. The molecular formula is C18H17N3OS. The molecule has 1 aliphatic carbocycles. The Kier molecular flexibility index (Phi) is 3.50. The third-order valence-corrected chi connectivity index (χ3v) is 4.65. The van der Waals surface area contributed by atoms with Gasteiger partial charge in [0, 0.05) is 5.92 Å². The molecule has 116 valence electrons. The largest absolute Gasteiger partial charge is 0.495 e. The van der Waals surface area contributed by atoms with E-state index in [9.17, 15) is 0 Å². The minimum atomic E-state index is 0.385. The Hall–Kier alpha value is -2.40. The zero-order valence-corrected chi connectivity index (χ0v) is 13.6. The molecule has 0 bridgehead atoms. The van der Waals surface area contributed by atoms with E-state index in [1.807, 2.05) is 34.9 Å². The van der Waals surface area contributed by atoms with Gasteiger partial charge in [0.05, 0.1) is 12.8 Å². The second-order valence-electron chi connectivity index (χ2n) is 5.75. The fourth-order valence-electron chi connectivity index (χ4n) is 3.15. The first-order valence-corrected chi connectivity index (χ1v) is 8.06. The minimum Gasteiger partial charge on any atom is -0.495 e. The van der Waals surface area contributed by atoms with Crippen molar-refractivity contribution >= 4 is 12.2 Å². The van der Waals surface area contributed by atoms with Gasteiger partial charge in [-0.1, -0.05) is 42.5 Å². The SMILES string of the molecule is COc1ccccc1-n1c([C@@H]2C[C@H]2c2ccccc2)n[nH]c1=S. The molecule has 23 heavy (non-hydrogen) atoms. The van der Waals surface area contributed by atoms with Crippen LogP contribution in [0.3, 0.4) is 0 Å². The van der Waals surface area contributed by atoms with Gasteiger partial charge in [0.2, 0.25) is 0 Å². The second kappa shape index (κ2) is 5.66. The number of rotatable bonds is 4. The number of nitrogens with zero attached hydrogens (tertiary/aromatic N) is 2. The van der Waals surface area contributed by atoms with E-state index in [-0.39, 0.29) is 0 Å². The fourth-order valence-corrected chi connectivity index (χ4v) is 3.39. The van der Waals surface area contributed by atoms with Crippen LogP contribution in [0.4, 0.5) is 0 Å². The van der Waals surface area contributed by atoms with E-state index in [0.717, 1.165) is 23.7 Å². The van der Waals surface area contributed by atoms with Crippen LogP contribution < -0.4 is 4.74 Å². The lowest BCUT2D eigenvalue weighted by molar-refractivity contribution is 0.412. The molecular weight excluding hydrogens is 306 g/mol. The molecule has 1 aliphatic rings. The maximum atomic E-state index is 5.48. The molecule has 4 nitrogen and oxygen atoms in total. The summed E-state index contributed by atoms with van der Waals surface area (Å²) in [6.07, 6.45) is 1.10. The van der Waals surface area contributed by atoms with E-state index in [4.69, 9.17) is 17.0 Å². The molecule has 1 N–H and O–H groups in total. The van der Waals surface area contributed by atoms with Crippen molar-refractivity contribution in [3.05, 3.63) is 70.8 Å². The van der Waals surface area contributed by atoms with Crippen molar-refractivity contribution < 1.29 is 4.74 Å². The average Bonchev–Trinajstić information content (AvgIpc) is 3.31. The quantitative estimate of drug-likeness (QED) is 0.731. The molecule has 0 radical (unpaired) electrons. The number of aromatic nitrogens is 3. The Bertz CT molecular complexity index is 885. The number of hydrogen-bond acceptors (Lipinski definition) is 3. The summed E-state index contributed by atoms with van der Waals surface area (Å²) in [6.45, 7) is 0. The zero-order valence-electron chi connectivity index (χ0n) is 12.8. The van der Waals surface area contributed by atoms with Crippen molar-refractivity contribution in [2.45, 2.75) is 18.3 Å². The molecule has 1 heterocycles. The summed E-state index contributed by atoms with van der Waals surface area (Å²) in [5.74, 6) is 2.67. The summed E-state index contributed by atoms with van der Waals surface area (Å²) in [5, 5.41) is 7.44. The summed E-state index contributed by atoms with van der Waals surface area (Å²) < 4.78 is 8.08. The van der Waals surface area contributed by atoms with E-state index < -0.39 is 0 Å². The van der Waals surface area contributed by atoms with Crippen LogP contribution in [0.15, 0.2) is 54.6 Å². The third kappa shape index (κ3) is 2.47. The molecule has 2 aromatic carbocycles. The Balaban J connectivity index is 1.74. The maximum Gasteiger partial charge on any atom is 0.200 e. The monoisotopic (exact) mass is 323 g/mol.